The first-order chi connectivity index (χ1) is 9.11. The molecule has 0 bridgehead atoms. The number of hydrogen-bond acceptors (Lipinski definition) is 5. The Morgan fingerprint density at radius 3 is 2.79 bits per heavy atom. The van der Waals surface area contributed by atoms with Crippen LogP contribution in [0.25, 0.3) is 0 Å². The number of aldehydes is 1. The number of carboxylic acids is 1. The normalized spacial score (nSPS) is 19.9. The molecule has 1 aliphatic heterocycles. The maximum atomic E-state index is 11.5. The molecule has 0 aromatic heterocycles. The molecular weight excluding hydrogens is 286 g/mol. The van der Waals surface area contributed by atoms with Crippen LogP contribution in [0.1, 0.15) is 38.5 Å². The van der Waals surface area contributed by atoms with Gasteiger partial charge >= 0.3 is 5.97 Å². The molecular formula is C12H19NO4S2. The molecule has 1 rings (SSSR count). The van der Waals surface area contributed by atoms with Crippen molar-refractivity contribution in [3.8, 4) is 0 Å². The van der Waals surface area contributed by atoms with Crippen molar-refractivity contribution in [2.45, 2.75) is 49.8 Å². The topological polar surface area (TPSA) is 83.5 Å². The zero-order valence-corrected chi connectivity index (χ0v) is 12.3. The van der Waals surface area contributed by atoms with Crippen molar-refractivity contribution < 1.29 is 19.5 Å². The second kappa shape index (κ2) is 9.25. The maximum Gasteiger partial charge on any atom is 0.305 e. The van der Waals surface area contributed by atoms with Gasteiger partial charge in [0.2, 0.25) is 5.91 Å². The van der Waals surface area contributed by atoms with E-state index in [4.69, 9.17) is 5.11 Å². The van der Waals surface area contributed by atoms with Gasteiger partial charge in [0.15, 0.2) is 0 Å². The van der Waals surface area contributed by atoms with Crippen molar-refractivity contribution in [3.05, 3.63) is 0 Å². The van der Waals surface area contributed by atoms with Gasteiger partial charge in [-0.25, -0.2) is 0 Å². The van der Waals surface area contributed by atoms with Crippen molar-refractivity contribution in [2.75, 3.05) is 5.75 Å². The van der Waals surface area contributed by atoms with E-state index in [1.165, 1.54) is 12.2 Å². The Balaban J connectivity index is 2.08. The van der Waals surface area contributed by atoms with Gasteiger partial charge in [0, 0.05) is 17.4 Å². The molecule has 2 atom stereocenters. The fraction of sp³-hybridized carbons (Fsp3) is 0.750. The predicted octanol–water partition coefficient (Wildman–Crippen LogP) is 1.86. The van der Waals surface area contributed by atoms with Gasteiger partial charge < -0.3 is 15.2 Å². The van der Waals surface area contributed by atoms with Crippen LogP contribution in [-0.2, 0) is 14.4 Å². The predicted molar refractivity (Wildman–Crippen MR) is 77.2 cm³/mol. The standard InChI is InChI=1S/C12H19NO4S2/c14-8-9(7-12(16)17)13-11(15)4-2-1-3-10-5-6-18-19-10/h8-10H,1-7H2,(H,13,15)(H,16,17). The van der Waals surface area contributed by atoms with E-state index in [-0.39, 0.29) is 12.3 Å². The number of carbonyl (C=O) groups is 3. The van der Waals surface area contributed by atoms with Crippen LogP contribution in [0.2, 0.25) is 0 Å². The number of carboxylic acid groups (broad SMARTS) is 1. The first-order valence-corrected chi connectivity index (χ1v) is 8.74. The molecule has 0 spiro atoms. The highest BCUT2D eigenvalue weighted by molar-refractivity contribution is 8.77. The molecule has 5 nitrogen and oxygen atoms in total. The molecule has 0 aromatic rings. The van der Waals surface area contributed by atoms with E-state index >= 15 is 0 Å². The fourth-order valence-electron chi connectivity index (χ4n) is 1.82. The minimum Gasteiger partial charge on any atom is -0.481 e. The molecule has 1 heterocycles. The Bertz CT molecular complexity index is 319. The van der Waals surface area contributed by atoms with Crippen LogP contribution in [-0.4, -0.2) is 40.3 Å². The largest absolute Gasteiger partial charge is 0.481 e. The van der Waals surface area contributed by atoms with Gasteiger partial charge in [-0.05, 0) is 19.3 Å². The second-order valence-corrected chi connectivity index (χ2v) is 7.27. The summed E-state index contributed by atoms with van der Waals surface area (Å²) in [7, 11) is 3.83. The summed E-state index contributed by atoms with van der Waals surface area (Å²) in [5, 5.41) is 11.7. The highest BCUT2D eigenvalue weighted by Gasteiger charge is 2.17. The number of rotatable bonds is 9. The van der Waals surface area contributed by atoms with Crippen molar-refractivity contribution in [1.82, 2.24) is 5.32 Å². The number of hydrogen-bond donors (Lipinski definition) is 2. The van der Waals surface area contributed by atoms with Gasteiger partial charge in [-0.2, -0.15) is 0 Å². The first kappa shape index (κ1) is 16.4. The minimum absolute atomic E-state index is 0.244. The van der Waals surface area contributed by atoms with E-state index in [1.54, 1.807) is 0 Å². The summed E-state index contributed by atoms with van der Waals surface area (Å²) in [5.41, 5.74) is 0. The minimum atomic E-state index is -1.09. The van der Waals surface area contributed by atoms with E-state index in [2.05, 4.69) is 5.32 Å². The van der Waals surface area contributed by atoms with Gasteiger partial charge in [-0.1, -0.05) is 28.0 Å². The fourth-order valence-corrected chi connectivity index (χ4v) is 4.85. The molecule has 1 aliphatic rings. The lowest BCUT2D eigenvalue weighted by Crippen LogP contribution is -2.37. The van der Waals surface area contributed by atoms with Crippen LogP contribution in [0.4, 0.5) is 0 Å². The van der Waals surface area contributed by atoms with Crippen LogP contribution in [0.3, 0.4) is 0 Å². The van der Waals surface area contributed by atoms with E-state index < -0.39 is 12.0 Å². The lowest BCUT2D eigenvalue weighted by molar-refractivity contribution is -0.138. The number of unbranched alkanes of at least 4 members (excludes halogenated alkanes) is 1. The molecule has 7 heteroatoms. The Labute approximate surface area is 120 Å². The average molecular weight is 305 g/mol. The van der Waals surface area contributed by atoms with Gasteiger partial charge in [0.05, 0.1) is 12.5 Å². The number of carbonyl (C=O) groups excluding carboxylic acids is 2. The monoisotopic (exact) mass is 305 g/mol. The summed E-state index contributed by atoms with van der Waals surface area (Å²) in [6.07, 6.45) is 4.62. The van der Waals surface area contributed by atoms with Crippen LogP contribution >= 0.6 is 21.6 Å². The molecule has 0 radical (unpaired) electrons. The van der Waals surface area contributed by atoms with Crippen molar-refractivity contribution >= 4 is 39.8 Å². The Morgan fingerprint density at radius 1 is 1.42 bits per heavy atom. The summed E-state index contributed by atoms with van der Waals surface area (Å²) in [6.45, 7) is 0. The van der Waals surface area contributed by atoms with E-state index in [0.717, 1.165) is 19.3 Å². The van der Waals surface area contributed by atoms with Crippen LogP contribution < -0.4 is 5.32 Å². The Kier molecular flexibility index (Phi) is 7.97. The molecule has 0 saturated carbocycles. The lowest BCUT2D eigenvalue weighted by atomic mass is 10.1. The third kappa shape index (κ3) is 7.47. The van der Waals surface area contributed by atoms with E-state index in [9.17, 15) is 14.4 Å². The van der Waals surface area contributed by atoms with Crippen molar-refractivity contribution in [2.24, 2.45) is 0 Å². The summed E-state index contributed by atoms with van der Waals surface area (Å²) >= 11 is 0. The smallest absolute Gasteiger partial charge is 0.305 e. The molecule has 0 aromatic carbocycles. The Morgan fingerprint density at radius 2 is 2.21 bits per heavy atom. The third-order valence-corrected chi connectivity index (χ3v) is 5.82. The summed E-state index contributed by atoms with van der Waals surface area (Å²) in [6, 6.07) is -0.910. The third-order valence-electron chi connectivity index (χ3n) is 2.81. The maximum absolute atomic E-state index is 11.5. The zero-order valence-electron chi connectivity index (χ0n) is 10.7. The molecule has 1 amide bonds. The van der Waals surface area contributed by atoms with Gasteiger partial charge in [0.25, 0.3) is 0 Å². The van der Waals surface area contributed by atoms with Crippen molar-refractivity contribution in [1.29, 1.82) is 0 Å². The highest BCUT2D eigenvalue weighted by atomic mass is 33.1. The molecule has 108 valence electrons. The second-order valence-electron chi connectivity index (χ2n) is 4.48. The van der Waals surface area contributed by atoms with E-state index in [1.807, 2.05) is 21.6 Å². The molecule has 2 unspecified atom stereocenters. The molecule has 1 saturated heterocycles. The van der Waals surface area contributed by atoms with Gasteiger partial charge in [-0.15, -0.1) is 0 Å². The molecule has 19 heavy (non-hydrogen) atoms. The van der Waals surface area contributed by atoms with Crippen LogP contribution in [0.15, 0.2) is 0 Å². The van der Waals surface area contributed by atoms with Gasteiger partial charge in [0.1, 0.15) is 6.29 Å². The number of nitrogens with one attached hydrogen (secondary N) is 1. The first-order valence-electron chi connectivity index (χ1n) is 6.36. The van der Waals surface area contributed by atoms with Gasteiger partial charge in [-0.3, -0.25) is 9.59 Å². The highest BCUT2D eigenvalue weighted by Crippen LogP contribution is 2.39. The molecule has 1 fully saturated rings. The van der Waals surface area contributed by atoms with Crippen LogP contribution in [0, 0.1) is 0 Å². The number of aliphatic carboxylic acids is 1. The van der Waals surface area contributed by atoms with E-state index in [0.29, 0.717) is 18.0 Å². The summed E-state index contributed by atoms with van der Waals surface area (Å²) in [4.78, 5) is 32.6. The Hall–Kier alpha value is -0.690. The SMILES string of the molecule is O=CC(CC(=O)O)NC(=O)CCCCC1CCSS1. The molecule has 2 N–H and O–H groups in total. The zero-order chi connectivity index (χ0) is 14.1. The number of amides is 1. The lowest BCUT2D eigenvalue weighted by Gasteiger charge is -2.11. The average Bonchev–Trinajstić information content (AvgIpc) is 2.86. The van der Waals surface area contributed by atoms with Crippen molar-refractivity contribution in [3.63, 3.8) is 0 Å². The quantitative estimate of drug-likeness (QED) is 0.384. The summed E-state index contributed by atoms with van der Waals surface area (Å²) in [5.74, 6) is -0.119. The molecule has 0 aliphatic carbocycles. The summed E-state index contributed by atoms with van der Waals surface area (Å²) < 4.78 is 0. The van der Waals surface area contributed by atoms with Crippen LogP contribution in [0.5, 0.6) is 0 Å².